The van der Waals surface area contributed by atoms with E-state index in [4.69, 9.17) is 4.74 Å². The van der Waals surface area contributed by atoms with Crippen LogP contribution in [0.3, 0.4) is 0 Å². The number of anilines is 2. The number of nitrogens with zero attached hydrogens (tertiary/aromatic N) is 1. The van der Waals surface area contributed by atoms with Crippen molar-refractivity contribution in [3.05, 3.63) is 48.5 Å². The maximum absolute atomic E-state index is 12.4. The molecule has 1 aliphatic rings. The molecule has 0 spiro atoms. The monoisotopic (exact) mass is 328 g/mol. The zero-order chi connectivity index (χ0) is 16.1. The van der Waals surface area contributed by atoms with Crippen molar-refractivity contribution in [3.8, 4) is 5.75 Å². The van der Waals surface area contributed by atoms with Crippen molar-refractivity contribution < 1.29 is 9.53 Å². The molecule has 0 aliphatic carbocycles. The van der Waals surface area contributed by atoms with Crippen LogP contribution in [0.15, 0.2) is 53.4 Å². The lowest BCUT2D eigenvalue weighted by atomic mass is 10.2. The summed E-state index contributed by atoms with van der Waals surface area (Å²) in [6.45, 7) is 1.27. The first-order valence-corrected chi connectivity index (χ1v) is 8.65. The highest BCUT2D eigenvalue weighted by molar-refractivity contribution is 7.99. The van der Waals surface area contributed by atoms with Gasteiger partial charge in [-0.1, -0.05) is 12.1 Å². The summed E-state index contributed by atoms with van der Waals surface area (Å²) in [6.07, 6.45) is 1.08. The van der Waals surface area contributed by atoms with Crippen LogP contribution in [-0.2, 0) is 4.79 Å². The van der Waals surface area contributed by atoms with Gasteiger partial charge in [0.05, 0.1) is 19.3 Å². The Morgan fingerprint density at radius 1 is 1.22 bits per heavy atom. The summed E-state index contributed by atoms with van der Waals surface area (Å²) in [5.41, 5.74) is 1.94. The van der Waals surface area contributed by atoms with Crippen LogP contribution in [0.1, 0.15) is 6.42 Å². The summed E-state index contributed by atoms with van der Waals surface area (Å²) in [4.78, 5) is 15.8. The first kappa shape index (κ1) is 15.7. The molecule has 1 aliphatic heterocycles. The van der Waals surface area contributed by atoms with Crippen molar-refractivity contribution in [2.24, 2.45) is 0 Å². The molecule has 120 valence electrons. The Morgan fingerprint density at radius 3 is 2.78 bits per heavy atom. The average molecular weight is 328 g/mol. The summed E-state index contributed by atoms with van der Waals surface area (Å²) < 4.78 is 5.13. The van der Waals surface area contributed by atoms with Crippen LogP contribution in [0.4, 0.5) is 11.4 Å². The number of hydrogen-bond acceptors (Lipinski definition) is 4. The summed E-state index contributed by atoms with van der Waals surface area (Å²) in [5, 5.41) is 2.95. The van der Waals surface area contributed by atoms with Gasteiger partial charge >= 0.3 is 0 Å². The van der Waals surface area contributed by atoms with Gasteiger partial charge in [-0.3, -0.25) is 4.79 Å². The van der Waals surface area contributed by atoms with Gasteiger partial charge in [0.15, 0.2) is 0 Å². The van der Waals surface area contributed by atoms with E-state index in [1.54, 1.807) is 7.11 Å². The zero-order valence-corrected chi connectivity index (χ0v) is 13.9. The number of fused-ring (bicyclic) bond motifs is 1. The Hall–Kier alpha value is -2.14. The third-order valence-corrected chi connectivity index (χ3v) is 4.89. The van der Waals surface area contributed by atoms with Crippen LogP contribution in [-0.4, -0.2) is 31.9 Å². The molecule has 4 nitrogen and oxygen atoms in total. The van der Waals surface area contributed by atoms with Gasteiger partial charge < -0.3 is 15.0 Å². The average Bonchev–Trinajstić information content (AvgIpc) is 2.78. The molecular formula is C18H20N2O2S. The molecule has 0 atom stereocenters. The SMILES string of the molecule is COc1ccc(NC(=O)CN2CCCSc3ccccc32)cc1. The number of para-hydroxylation sites is 1. The van der Waals surface area contributed by atoms with E-state index in [-0.39, 0.29) is 5.91 Å². The number of ether oxygens (including phenoxy) is 1. The molecule has 0 radical (unpaired) electrons. The van der Waals surface area contributed by atoms with Crippen LogP contribution in [0.5, 0.6) is 5.75 Å². The van der Waals surface area contributed by atoms with Crippen LogP contribution >= 0.6 is 11.8 Å². The molecule has 0 saturated heterocycles. The number of hydrogen-bond donors (Lipinski definition) is 1. The summed E-state index contributed by atoms with van der Waals surface area (Å²) >= 11 is 1.86. The van der Waals surface area contributed by atoms with Gasteiger partial charge in [-0.05, 0) is 48.6 Å². The van der Waals surface area contributed by atoms with E-state index in [0.29, 0.717) is 6.54 Å². The van der Waals surface area contributed by atoms with E-state index in [1.807, 2.05) is 48.2 Å². The Bertz CT molecular complexity index is 673. The lowest BCUT2D eigenvalue weighted by Gasteiger charge is -2.23. The first-order valence-electron chi connectivity index (χ1n) is 7.67. The number of amides is 1. The molecule has 0 aromatic heterocycles. The van der Waals surface area contributed by atoms with Crippen molar-refractivity contribution in [2.45, 2.75) is 11.3 Å². The van der Waals surface area contributed by atoms with Gasteiger partial charge in [-0.2, -0.15) is 0 Å². The fraction of sp³-hybridized carbons (Fsp3) is 0.278. The lowest BCUT2D eigenvalue weighted by molar-refractivity contribution is -0.115. The molecule has 0 unspecified atom stereocenters. The van der Waals surface area contributed by atoms with E-state index in [1.165, 1.54) is 4.90 Å². The third-order valence-electron chi connectivity index (χ3n) is 3.74. The van der Waals surface area contributed by atoms with Crippen molar-refractivity contribution in [3.63, 3.8) is 0 Å². The normalized spacial score (nSPS) is 13.9. The number of benzene rings is 2. The van der Waals surface area contributed by atoms with Crippen LogP contribution in [0.25, 0.3) is 0 Å². The number of nitrogens with one attached hydrogen (secondary N) is 1. The van der Waals surface area contributed by atoms with Crippen LogP contribution in [0.2, 0.25) is 0 Å². The highest BCUT2D eigenvalue weighted by Gasteiger charge is 2.17. The lowest BCUT2D eigenvalue weighted by Crippen LogP contribution is -2.34. The Balaban J connectivity index is 1.67. The number of rotatable bonds is 4. The quantitative estimate of drug-likeness (QED) is 0.930. The molecule has 1 N–H and O–H groups in total. The Kier molecular flexibility index (Phi) is 5.08. The van der Waals surface area contributed by atoms with Gasteiger partial charge in [0.25, 0.3) is 0 Å². The van der Waals surface area contributed by atoms with Crippen molar-refractivity contribution in [1.82, 2.24) is 0 Å². The minimum absolute atomic E-state index is 0.00290. The number of thioether (sulfide) groups is 1. The van der Waals surface area contributed by atoms with E-state index in [0.717, 1.165) is 35.8 Å². The number of carbonyl (C=O) groups excluding carboxylic acids is 1. The van der Waals surface area contributed by atoms with Crippen molar-refractivity contribution in [2.75, 3.05) is 36.2 Å². The fourth-order valence-electron chi connectivity index (χ4n) is 2.61. The molecule has 0 saturated carbocycles. The second kappa shape index (κ2) is 7.42. The second-order valence-electron chi connectivity index (χ2n) is 5.37. The highest BCUT2D eigenvalue weighted by atomic mass is 32.2. The number of methoxy groups -OCH3 is 1. The van der Waals surface area contributed by atoms with Crippen LogP contribution < -0.4 is 15.0 Å². The maximum Gasteiger partial charge on any atom is 0.243 e. The molecule has 3 rings (SSSR count). The molecule has 0 fully saturated rings. The minimum atomic E-state index is -0.00290. The molecular weight excluding hydrogens is 308 g/mol. The highest BCUT2D eigenvalue weighted by Crippen LogP contribution is 2.33. The van der Waals surface area contributed by atoms with Crippen LogP contribution in [0, 0.1) is 0 Å². The maximum atomic E-state index is 12.4. The van der Waals surface area contributed by atoms with E-state index >= 15 is 0 Å². The molecule has 0 bridgehead atoms. The second-order valence-corrected chi connectivity index (χ2v) is 6.50. The Morgan fingerprint density at radius 2 is 2.00 bits per heavy atom. The molecule has 1 amide bonds. The Labute approximate surface area is 140 Å². The van der Waals surface area contributed by atoms with E-state index in [2.05, 4.69) is 22.3 Å². The number of carbonyl (C=O) groups is 1. The summed E-state index contributed by atoms with van der Waals surface area (Å²) in [5.74, 6) is 1.87. The summed E-state index contributed by atoms with van der Waals surface area (Å²) in [6, 6.07) is 15.7. The predicted molar refractivity (Wildman–Crippen MR) is 95.6 cm³/mol. The van der Waals surface area contributed by atoms with E-state index in [9.17, 15) is 4.79 Å². The molecule has 23 heavy (non-hydrogen) atoms. The predicted octanol–water partition coefficient (Wildman–Crippen LogP) is 3.64. The van der Waals surface area contributed by atoms with Gasteiger partial charge in [0.1, 0.15) is 5.75 Å². The van der Waals surface area contributed by atoms with Gasteiger partial charge in [-0.25, -0.2) is 0 Å². The third kappa shape index (κ3) is 3.99. The standard InChI is InChI=1S/C18H20N2O2S/c1-22-15-9-7-14(8-10-15)19-18(21)13-20-11-4-12-23-17-6-3-2-5-16(17)20/h2-3,5-10H,4,11-13H2,1H3,(H,19,21). The largest absolute Gasteiger partial charge is 0.497 e. The molecule has 1 heterocycles. The topological polar surface area (TPSA) is 41.6 Å². The van der Waals surface area contributed by atoms with Gasteiger partial charge in [0, 0.05) is 17.1 Å². The van der Waals surface area contributed by atoms with Crippen molar-refractivity contribution in [1.29, 1.82) is 0 Å². The molecule has 5 heteroatoms. The van der Waals surface area contributed by atoms with Gasteiger partial charge in [0.2, 0.25) is 5.91 Å². The van der Waals surface area contributed by atoms with E-state index < -0.39 is 0 Å². The fourth-order valence-corrected chi connectivity index (χ4v) is 3.62. The van der Waals surface area contributed by atoms with Crippen molar-refractivity contribution >= 4 is 29.0 Å². The summed E-state index contributed by atoms with van der Waals surface area (Å²) in [7, 11) is 1.63. The smallest absolute Gasteiger partial charge is 0.243 e. The first-order chi connectivity index (χ1) is 11.3. The zero-order valence-electron chi connectivity index (χ0n) is 13.1. The molecule has 2 aromatic rings. The minimum Gasteiger partial charge on any atom is -0.497 e. The molecule has 2 aromatic carbocycles. The van der Waals surface area contributed by atoms with Gasteiger partial charge in [-0.15, -0.1) is 11.8 Å².